The van der Waals surface area contributed by atoms with E-state index in [-0.39, 0.29) is 17.1 Å². The second-order valence-electron chi connectivity index (χ2n) is 4.08. The molecule has 0 bridgehead atoms. The lowest BCUT2D eigenvalue weighted by Gasteiger charge is -2.04. The summed E-state index contributed by atoms with van der Waals surface area (Å²) < 4.78 is 19.4. The van der Waals surface area contributed by atoms with Crippen molar-refractivity contribution in [3.63, 3.8) is 0 Å². The maximum atomic E-state index is 13.6. The lowest BCUT2D eigenvalue weighted by Crippen LogP contribution is -2.14. The predicted octanol–water partition coefficient (Wildman–Crippen LogP) is 2.10. The molecule has 8 heteroatoms. The summed E-state index contributed by atoms with van der Waals surface area (Å²) in [5.74, 6) is -1.83. The number of anilines is 1. The molecule has 1 amide bonds. The molecule has 2 rings (SSSR count). The fraction of sp³-hybridized carbons (Fsp3) is 0.154. The van der Waals surface area contributed by atoms with Gasteiger partial charge in [-0.2, -0.15) is 5.10 Å². The number of rotatable bonds is 4. The number of aromatic nitrogens is 2. The fourth-order valence-corrected chi connectivity index (χ4v) is 1.74. The zero-order valence-electron chi connectivity index (χ0n) is 11.0. The lowest BCUT2D eigenvalue weighted by molar-refractivity contribution is -0.141. The zero-order chi connectivity index (χ0) is 15.4. The van der Waals surface area contributed by atoms with Gasteiger partial charge in [0.2, 0.25) is 0 Å². The first-order valence-electron chi connectivity index (χ1n) is 5.85. The van der Waals surface area contributed by atoms with Crippen molar-refractivity contribution in [3.05, 3.63) is 47.0 Å². The third-order valence-electron chi connectivity index (χ3n) is 2.59. The third-order valence-corrected chi connectivity index (χ3v) is 2.82. The van der Waals surface area contributed by atoms with Crippen LogP contribution < -0.4 is 5.32 Å². The number of halogens is 2. The number of hydrogen-bond donors (Lipinski definition) is 1. The summed E-state index contributed by atoms with van der Waals surface area (Å²) in [6, 6.07) is 3.75. The van der Waals surface area contributed by atoms with Gasteiger partial charge >= 0.3 is 5.97 Å². The van der Waals surface area contributed by atoms with E-state index in [0.717, 1.165) is 6.07 Å². The molecule has 0 saturated carbocycles. The normalized spacial score (nSPS) is 10.2. The summed E-state index contributed by atoms with van der Waals surface area (Å²) in [7, 11) is 1.26. The molecular weight excluding hydrogens is 301 g/mol. The standard InChI is InChI=1S/C13H11ClFN3O3/c1-21-12(19)7-18-6-9(5-16-18)17-13(20)10-3-2-8(14)4-11(10)15/h2-6H,7H2,1H3,(H,17,20). The van der Waals surface area contributed by atoms with Crippen LogP contribution in [0.4, 0.5) is 10.1 Å². The van der Waals surface area contributed by atoms with Crippen molar-refractivity contribution in [2.45, 2.75) is 6.54 Å². The Morgan fingerprint density at radius 1 is 1.48 bits per heavy atom. The average Bonchev–Trinajstić information content (AvgIpc) is 2.85. The van der Waals surface area contributed by atoms with Crippen molar-refractivity contribution in [1.29, 1.82) is 0 Å². The highest BCUT2D eigenvalue weighted by Crippen LogP contribution is 2.16. The van der Waals surface area contributed by atoms with E-state index < -0.39 is 17.7 Å². The zero-order valence-corrected chi connectivity index (χ0v) is 11.7. The van der Waals surface area contributed by atoms with Crippen LogP contribution in [0.25, 0.3) is 0 Å². The van der Waals surface area contributed by atoms with Crippen molar-refractivity contribution in [2.24, 2.45) is 0 Å². The van der Waals surface area contributed by atoms with Gasteiger partial charge in [-0.25, -0.2) is 4.39 Å². The molecule has 2 aromatic rings. The van der Waals surface area contributed by atoms with Crippen molar-refractivity contribution >= 4 is 29.2 Å². The number of carbonyl (C=O) groups is 2. The van der Waals surface area contributed by atoms with E-state index in [2.05, 4.69) is 15.2 Å². The highest BCUT2D eigenvalue weighted by atomic mass is 35.5. The van der Waals surface area contributed by atoms with E-state index in [0.29, 0.717) is 5.69 Å². The Balaban J connectivity index is 2.07. The average molecular weight is 312 g/mol. The second-order valence-corrected chi connectivity index (χ2v) is 4.52. The molecule has 1 aromatic heterocycles. The minimum absolute atomic E-state index is 0.0817. The topological polar surface area (TPSA) is 73.2 Å². The number of benzene rings is 1. The predicted molar refractivity (Wildman–Crippen MR) is 73.6 cm³/mol. The molecule has 1 aromatic carbocycles. The van der Waals surface area contributed by atoms with Crippen LogP contribution in [0.5, 0.6) is 0 Å². The summed E-state index contributed by atoms with van der Waals surface area (Å²) in [5.41, 5.74) is 0.193. The van der Waals surface area contributed by atoms with E-state index in [1.165, 1.54) is 36.3 Å². The molecule has 0 saturated heterocycles. The Kier molecular flexibility index (Phi) is 4.54. The van der Waals surface area contributed by atoms with E-state index >= 15 is 0 Å². The highest BCUT2D eigenvalue weighted by Gasteiger charge is 2.13. The second kappa shape index (κ2) is 6.36. The van der Waals surface area contributed by atoms with Crippen LogP contribution in [0.15, 0.2) is 30.6 Å². The molecule has 0 atom stereocenters. The van der Waals surface area contributed by atoms with Gasteiger partial charge in [-0.15, -0.1) is 0 Å². The minimum Gasteiger partial charge on any atom is -0.468 e. The van der Waals surface area contributed by atoms with Gasteiger partial charge in [-0.1, -0.05) is 11.6 Å². The maximum Gasteiger partial charge on any atom is 0.327 e. The largest absolute Gasteiger partial charge is 0.468 e. The minimum atomic E-state index is -0.720. The molecule has 6 nitrogen and oxygen atoms in total. The van der Waals surface area contributed by atoms with Gasteiger partial charge in [0.25, 0.3) is 5.91 Å². The number of hydrogen-bond acceptors (Lipinski definition) is 4. The van der Waals surface area contributed by atoms with Crippen molar-refractivity contribution in [3.8, 4) is 0 Å². The van der Waals surface area contributed by atoms with Gasteiger partial charge in [-0.3, -0.25) is 14.3 Å². The molecular formula is C13H11ClFN3O3. The Bertz CT molecular complexity index is 687. The summed E-state index contributed by atoms with van der Waals surface area (Å²) in [6.45, 7) is -0.0817. The smallest absolute Gasteiger partial charge is 0.327 e. The van der Waals surface area contributed by atoms with Crippen molar-refractivity contribution < 1.29 is 18.7 Å². The first-order valence-corrected chi connectivity index (χ1v) is 6.23. The molecule has 0 unspecified atom stereocenters. The number of nitrogens with one attached hydrogen (secondary N) is 1. The Morgan fingerprint density at radius 3 is 2.90 bits per heavy atom. The quantitative estimate of drug-likeness (QED) is 0.878. The molecule has 0 radical (unpaired) electrons. The van der Waals surface area contributed by atoms with E-state index in [9.17, 15) is 14.0 Å². The lowest BCUT2D eigenvalue weighted by atomic mass is 10.2. The first-order chi connectivity index (χ1) is 9.99. The molecule has 0 fully saturated rings. The van der Waals surface area contributed by atoms with Gasteiger partial charge in [0.15, 0.2) is 0 Å². The Hall–Kier alpha value is -2.41. The van der Waals surface area contributed by atoms with Crippen LogP contribution in [0.2, 0.25) is 5.02 Å². The number of carbonyl (C=O) groups excluding carboxylic acids is 2. The number of ether oxygens (including phenoxy) is 1. The summed E-state index contributed by atoms with van der Waals surface area (Å²) >= 11 is 5.62. The van der Waals surface area contributed by atoms with Crippen molar-refractivity contribution in [2.75, 3.05) is 12.4 Å². The Morgan fingerprint density at radius 2 is 2.24 bits per heavy atom. The van der Waals surface area contributed by atoms with E-state index in [1.807, 2.05) is 0 Å². The van der Waals surface area contributed by atoms with Gasteiger partial charge < -0.3 is 10.1 Å². The third kappa shape index (κ3) is 3.79. The molecule has 110 valence electrons. The maximum absolute atomic E-state index is 13.6. The number of nitrogens with zero attached hydrogens (tertiary/aromatic N) is 2. The Labute approximate surface area is 124 Å². The van der Waals surface area contributed by atoms with Crippen LogP contribution in [0.3, 0.4) is 0 Å². The van der Waals surface area contributed by atoms with Crippen LogP contribution in [-0.2, 0) is 16.1 Å². The van der Waals surface area contributed by atoms with Gasteiger partial charge in [0, 0.05) is 11.2 Å². The number of amides is 1. The first kappa shape index (κ1) is 15.0. The molecule has 1 N–H and O–H groups in total. The van der Waals surface area contributed by atoms with Gasteiger partial charge in [-0.05, 0) is 18.2 Å². The fourth-order valence-electron chi connectivity index (χ4n) is 1.58. The van der Waals surface area contributed by atoms with Crippen LogP contribution in [0.1, 0.15) is 10.4 Å². The van der Waals surface area contributed by atoms with E-state index in [1.54, 1.807) is 0 Å². The molecule has 1 heterocycles. The van der Waals surface area contributed by atoms with E-state index in [4.69, 9.17) is 11.6 Å². The van der Waals surface area contributed by atoms with Gasteiger partial charge in [0.1, 0.15) is 12.4 Å². The molecule has 0 aliphatic carbocycles. The molecule has 0 aliphatic heterocycles. The SMILES string of the molecule is COC(=O)Cn1cc(NC(=O)c2ccc(Cl)cc2F)cn1. The highest BCUT2D eigenvalue weighted by molar-refractivity contribution is 6.30. The van der Waals surface area contributed by atoms with Crippen LogP contribution >= 0.6 is 11.6 Å². The number of esters is 1. The molecule has 21 heavy (non-hydrogen) atoms. The molecule has 0 aliphatic rings. The summed E-state index contributed by atoms with van der Waals surface area (Å²) in [6.07, 6.45) is 2.78. The van der Waals surface area contributed by atoms with Crippen molar-refractivity contribution in [1.82, 2.24) is 9.78 Å². The van der Waals surface area contributed by atoms with Crippen LogP contribution in [-0.4, -0.2) is 28.8 Å². The van der Waals surface area contributed by atoms with Crippen LogP contribution in [0, 0.1) is 5.82 Å². The van der Waals surface area contributed by atoms with Gasteiger partial charge in [0.05, 0.1) is 24.6 Å². The summed E-state index contributed by atoms with van der Waals surface area (Å²) in [4.78, 5) is 23.0. The molecule has 0 spiro atoms. The summed E-state index contributed by atoms with van der Waals surface area (Å²) in [5, 5.41) is 6.55. The monoisotopic (exact) mass is 311 g/mol. The number of methoxy groups -OCH3 is 1.